The topological polar surface area (TPSA) is 168 Å². The van der Waals surface area contributed by atoms with E-state index in [1.807, 2.05) is 30.3 Å². The number of amides is 3. The molecule has 12 nitrogen and oxygen atoms in total. The summed E-state index contributed by atoms with van der Waals surface area (Å²) in [6.45, 7) is 7.46. The number of carbonyl (C=O) groups is 5. The van der Waals surface area contributed by atoms with Crippen LogP contribution in [0.1, 0.15) is 67.1 Å². The number of ketones is 1. The molecule has 2 aromatic carbocycles. The van der Waals surface area contributed by atoms with Gasteiger partial charge in [0.05, 0.1) is 11.6 Å². The van der Waals surface area contributed by atoms with Crippen molar-refractivity contribution < 1.29 is 38.2 Å². The number of rotatable bonds is 11. The van der Waals surface area contributed by atoms with Gasteiger partial charge in [-0.3, -0.25) is 14.4 Å². The van der Waals surface area contributed by atoms with Crippen molar-refractivity contribution in [3.05, 3.63) is 65.5 Å². The van der Waals surface area contributed by atoms with E-state index in [-0.39, 0.29) is 41.0 Å². The van der Waals surface area contributed by atoms with Crippen LogP contribution in [0.15, 0.2) is 52.9 Å². The number of hydrogen-bond donors (Lipinski definition) is 3. The number of alkyl carbamates (subject to hydrolysis) is 1. The van der Waals surface area contributed by atoms with Gasteiger partial charge in [0.2, 0.25) is 17.6 Å². The van der Waals surface area contributed by atoms with Crippen LogP contribution in [-0.4, -0.2) is 69.3 Å². The minimum absolute atomic E-state index is 0.00171. The monoisotopic (exact) mass is 592 g/mol. The van der Waals surface area contributed by atoms with Crippen LogP contribution in [0.2, 0.25) is 0 Å². The molecule has 0 saturated carbocycles. The lowest BCUT2D eigenvalue weighted by atomic mass is 9.98. The molecule has 3 aromatic rings. The molecule has 1 aliphatic rings. The van der Waals surface area contributed by atoms with E-state index in [0.29, 0.717) is 19.4 Å². The molecule has 0 bridgehead atoms. The first-order chi connectivity index (χ1) is 20.5. The summed E-state index contributed by atoms with van der Waals surface area (Å²) in [4.78, 5) is 69.9. The molecule has 1 aromatic heterocycles. The lowest BCUT2D eigenvalue weighted by Gasteiger charge is -2.31. The SMILES string of the molecule is CC(C)[C@H](NC(=O)[C@@H]1CCCN1C(=O)[C@@H](NC(=O)OCc1ccccc1)C(C)C)C(=O)c1nc2cc(C(=O)O)ccc2o1. The van der Waals surface area contributed by atoms with Crippen molar-refractivity contribution in [3.8, 4) is 0 Å². The largest absolute Gasteiger partial charge is 0.478 e. The van der Waals surface area contributed by atoms with Gasteiger partial charge in [0.1, 0.15) is 24.2 Å². The second-order valence-electron chi connectivity index (χ2n) is 11.2. The Bertz CT molecular complexity index is 1500. The fourth-order valence-corrected chi connectivity index (χ4v) is 4.97. The summed E-state index contributed by atoms with van der Waals surface area (Å²) in [7, 11) is 0. The van der Waals surface area contributed by atoms with E-state index < -0.39 is 47.8 Å². The van der Waals surface area contributed by atoms with Crippen molar-refractivity contribution in [2.24, 2.45) is 11.8 Å². The van der Waals surface area contributed by atoms with Gasteiger partial charge < -0.3 is 29.8 Å². The Labute approximate surface area is 248 Å². The van der Waals surface area contributed by atoms with E-state index in [9.17, 15) is 29.1 Å². The second-order valence-corrected chi connectivity index (χ2v) is 11.2. The van der Waals surface area contributed by atoms with Crippen molar-refractivity contribution in [1.82, 2.24) is 20.5 Å². The number of nitrogens with zero attached hydrogens (tertiary/aromatic N) is 2. The number of fused-ring (bicyclic) bond motifs is 1. The number of hydrogen-bond acceptors (Lipinski definition) is 8. The fraction of sp³-hybridized carbons (Fsp3) is 0.419. The molecule has 12 heteroatoms. The molecule has 0 unspecified atom stereocenters. The highest BCUT2D eigenvalue weighted by atomic mass is 16.5. The zero-order valence-electron chi connectivity index (χ0n) is 24.5. The maximum absolute atomic E-state index is 13.6. The highest BCUT2D eigenvalue weighted by Gasteiger charge is 2.40. The number of aromatic nitrogens is 1. The molecule has 0 radical (unpaired) electrons. The molecule has 3 amide bonds. The Morgan fingerprint density at radius 2 is 1.70 bits per heavy atom. The lowest BCUT2D eigenvalue weighted by Crippen LogP contribution is -2.57. The third-order valence-corrected chi connectivity index (χ3v) is 7.35. The number of likely N-dealkylation sites (tertiary alicyclic amines) is 1. The molecule has 1 fully saturated rings. The predicted octanol–water partition coefficient (Wildman–Crippen LogP) is 3.79. The Balaban J connectivity index is 1.44. The summed E-state index contributed by atoms with van der Waals surface area (Å²) < 4.78 is 10.9. The third-order valence-electron chi connectivity index (χ3n) is 7.35. The quantitative estimate of drug-likeness (QED) is 0.281. The molecule has 2 heterocycles. The minimum Gasteiger partial charge on any atom is -0.478 e. The van der Waals surface area contributed by atoms with Crippen LogP contribution in [-0.2, 0) is 20.9 Å². The second kappa shape index (κ2) is 13.5. The Morgan fingerprint density at radius 3 is 2.35 bits per heavy atom. The van der Waals surface area contributed by atoms with Gasteiger partial charge in [0.15, 0.2) is 5.58 Å². The zero-order chi connectivity index (χ0) is 31.3. The van der Waals surface area contributed by atoms with E-state index >= 15 is 0 Å². The molecule has 43 heavy (non-hydrogen) atoms. The number of Topliss-reactive ketones (excluding diaryl/α,β-unsaturated/α-hetero) is 1. The Morgan fingerprint density at radius 1 is 1.00 bits per heavy atom. The normalized spacial score (nSPS) is 16.2. The molecular formula is C31H36N4O8. The van der Waals surface area contributed by atoms with E-state index in [1.54, 1.807) is 27.7 Å². The van der Waals surface area contributed by atoms with Crippen molar-refractivity contribution >= 4 is 40.8 Å². The average Bonchev–Trinajstić information content (AvgIpc) is 3.64. The Hall–Kier alpha value is -4.74. The summed E-state index contributed by atoms with van der Waals surface area (Å²) in [6, 6.07) is 10.5. The number of aromatic carboxylic acids is 1. The van der Waals surface area contributed by atoms with E-state index in [2.05, 4.69) is 15.6 Å². The van der Waals surface area contributed by atoms with Crippen LogP contribution in [0.5, 0.6) is 0 Å². The number of nitrogens with one attached hydrogen (secondary N) is 2. The van der Waals surface area contributed by atoms with Gasteiger partial charge in [0, 0.05) is 6.54 Å². The first-order valence-electron chi connectivity index (χ1n) is 14.2. The van der Waals surface area contributed by atoms with Gasteiger partial charge in [-0.05, 0) is 48.4 Å². The average molecular weight is 593 g/mol. The molecule has 228 valence electrons. The van der Waals surface area contributed by atoms with Crippen LogP contribution < -0.4 is 10.6 Å². The molecule has 0 aliphatic carbocycles. The van der Waals surface area contributed by atoms with Crippen molar-refractivity contribution in [3.63, 3.8) is 0 Å². The van der Waals surface area contributed by atoms with Crippen molar-refractivity contribution in [1.29, 1.82) is 0 Å². The minimum atomic E-state index is -1.14. The Kier molecular flexibility index (Phi) is 9.79. The lowest BCUT2D eigenvalue weighted by molar-refractivity contribution is -0.141. The first-order valence-corrected chi connectivity index (χ1v) is 14.2. The van der Waals surface area contributed by atoms with Crippen molar-refractivity contribution in [2.45, 2.75) is 65.3 Å². The van der Waals surface area contributed by atoms with E-state index in [1.165, 1.54) is 23.1 Å². The molecule has 3 N–H and O–H groups in total. The van der Waals surface area contributed by atoms with Crippen LogP contribution in [0.3, 0.4) is 0 Å². The third kappa shape index (κ3) is 7.37. The van der Waals surface area contributed by atoms with Gasteiger partial charge in [-0.2, -0.15) is 0 Å². The standard InChI is InChI=1S/C31H36N4O8/c1-17(2)24(26(36)28-32-21-15-20(30(39)40)12-13-23(21)43-28)33-27(37)22-11-8-14-35(22)29(38)25(18(3)4)34-31(41)42-16-19-9-6-5-7-10-19/h5-7,9-10,12-13,15,17-18,22,24-25H,8,11,14,16H2,1-4H3,(H,33,37)(H,34,41)(H,39,40)/t22-,24-,25-/m0/s1. The first kappa shape index (κ1) is 31.2. The maximum atomic E-state index is 13.6. The van der Waals surface area contributed by atoms with Gasteiger partial charge in [-0.25, -0.2) is 14.6 Å². The summed E-state index contributed by atoms with van der Waals surface area (Å²) in [5.74, 6) is -3.52. The van der Waals surface area contributed by atoms with Gasteiger partial charge in [-0.15, -0.1) is 0 Å². The highest BCUT2D eigenvalue weighted by molar-refractivity contribution is 6.02. The van der Waals surface area contributed by atoms with Crippen LogP contribution in [0, 0.1) is 11.8 Å². The summed E-state index contributed by atoms with van der Waals surface area (Å²) in [6.07, 6.45) is 0.223. The highest BCUT2D eigenvalue weighted by Crippen LogP contribution is 2.23. The fourth-order valence-electron chi connectivity index (χ4n) is 4.97. The van der Waals surface area contributed by atoms with Gasteiger partial charge >= 0.3 is 12.1 Å². The van der Waals surface area contributed by atoms with E-state index in [0.717, 1.165) is 5.56 Å². The number of carboxylic acid groups (broad SMARTS) is 1. The molecule has 0 spiro atoms. The molecule has 1 aliphatic heterocycles. The number of carboxylic acids is 1. The zero-order valence-corrected chi connectivity index (χ0v) is 24.5. The predicted molar refractivity (Wildman–Crippen MR) is 155 cm³/mol. The number of ether oxygens (including phenoxy) is 1. The smallest absolute Gasteiger partial charge is 0.408 e. The van der Waals surface area contributed by atoms with Gasteiger partial charge in [0.25, 0.3) is 5.89 Å². The molecule has 3 atom stereocenters. The molecule has 1 saturated heterocycles. The van der Waals surface area contributed by atoms with Crippen LogP contribution in [0.4, 0.5) is 4.79 Å². The summed E-state index contributed by atoms with van der Waals surface area (Å²) >= 11 is 0. The summed E-state index contributed by atoms with van der Waals surface area (Å²) in [5, 5.41) is 14.7. The number of benzene rings is 2. The van der Waals surface area contributed by atoms with Gasteiger partial charge in [-0.1, -0.05) is 58.0 Å². The number of oxazole rings is 1. The molecular weight excluding hydrogens is 556 g/mol. The van der Waals surface area contributed by atoms with E-state index in [4.69, 9.17) is 9.15 Å². The summed E-state index contributed by atoms with van der Waals surface area (Å²) in [5.41, 5.74) is 1.25. The number of carbonyl (C=O) groups excluding carboxylic acids is 4. The van der Waals surface area contributed by atoms with Crippen LogP contribution in [0.25, 0.3) is 11.1 Å². The maximum Gasteiger partial charge on any atom is 0.408 e. The van der Waals surface area contributed by atoms with Crippen molar-refractivity contribution in [2.75, 3.05) is 6.54 Å². The van der Waals surface area contributed by atoms with Crippen LogP contribution >= 0.6 is 0 Å². The molecule has 4 rings (SSSR count).